The van der Waals surface area contributed by atoms with Gasteiger partial charge in [0, 0.05) is 26.5 Å². The Morgan fingerprint density at radius 3 is 2.85 bits per heavy atom. The molecule has 0 spiro atoms. The van der Waals surface area contributed by atoms with Crippen LogP contribution < -0.4 is 5.32 Å². The van der Waals surface area contributed by atoms with Gasteiger partial charge in [-0.25, -0.2) is 4.79 Å². The fraction of sp³-hybridized carbons (Fsp3) is 0.462. The minimum Gasteiger partial charge on any atom is -0.478 e. The number of carbonyl (C=O) groups is 2. The van der Waals surface area contributed by atoms with Gasteiger partial charge >= 0.3 is 5.97 Å². The molecule has 0 unspecified atom stereocenters. The largest absolute Gasteiger partial charge is 0.478 e. The summed E-state index contributed by atoms with van der Waals surface area (Å²) in [6.45, 7) is 2.02. The van der Waals surface area contributed by atoms with Gasteiger partial charge in [-0.3, -0.25) is 9.78 Å². The lowest BCUT2D eigenvalue weighted by Crippen LogP contribution is -2.26. The summed E-state index contributed by atoms with van der Waals surface area (Å²) in [6, 6.07) is 2.58. The predicted octanol–water partition coefficient (Wildman–Crippen LogP) is 0.563. The van der Waals surface area contributed by atoms with E-state index in [1.54, 1.807) is 7.11 Å². The normalized spacial score (nSPS) is 10.2. The number of aromatic nitrogens is 1. The Morgan fingerprint density at radius 1 is 1.35 bits per heavy atom. The van der Waals surface area contributed by atoms with Crippen LogP contribution in [0.15, 0.2) is 18.3 Å². The van der Waals surface area contributed by atoms with Crippen molar-refractivity contribution in [3.05, 3.63) is 29.6 Å². The Kier molecular flexibility index (Phi) is 7.23. The second-order valence-electron chi connectivity index (χ2n) is 3.95. The van der Waals surface area contributed by atoms with E-state index in [0.717, 1.165) is 0 Å². The first-order valence-electron chi connectivity index (χ1n) is 6.19. The molecule has 0 aliphatic rings. The van der Waals surface area contributed by atoms with Gasteiger partial charge in [0.2, 0.25) is 0 Å². The van der Waals surface area contributed by atoms with E-state index in [-0.39, 0.29) is 11.3 Å². The molecule has 0 saturated heterocycles. The number of carboxylic acids is 1. The number of hydrogen-bond donors (Lipinski definition) is 2. The van der Waals surface area contributed by atoms with Crippen molar-refractivity contribution in [2.24, 2.45) is 0 Å². The highest BCUT2D eigenvalue weighted by Crippen LogP contribution is 2.01. The summed E-state index contributed by atoms with van der Waals surface area (Å²) in [4.78, 5) is 26.3. The van der Waals surface area contributed by atoms with Gasteiger partial charge in [-0.05, 0) is 18.6 Å². The number of carboxylic acid groups (broad SMARTS) is 1. The summed E-state index contributed by atoms with van der Waals surface area (Å²) in [5, 5.41) is 11.5. The van der Waals surface area contributed by atoms with Crippen molar-refractivity contribution in [2.75, 3.05) is 33.5 Å². The van der Waals surface area contributed by atoms with E-state index < -0.39 is 11.9 Å². The molecule has 0 saturated carbocycles. The van der Waals surface area contributed by atoms with Gasteiger partial charge in [0.25, 0.3) is 5.91 Å². The predicted molar refractivity (Wildman–Crippen MR) is 70.8 cm³/mol. The van der Waals surface area contributed by atoms with Crippen molar-refractivity contribution < 1.29 is 24.2 Å². The average Bonchev–Trinajstić information content (AvgIpc) is 2.46. The van der Waals surface area contributed by atoms with E-state index in [1.807, 2.05) is 0 Å². The molecule has 1 heterocycles. The summed E-state index contributed by atoms with van der Waals surface area (Å²) in [5.74, 6) is -1.49. The molecule has 0 aromatic carbocycles. The summed E-state index contributed by atoms with van der Waals surface area (Å²) in [7, 11) is 1.60. The number of pyridine rings is 1. The lowest BCUT2D eigenvalue weighted by atomic mass is 10.2. The Morgan fingerprint density at radius 2 is 2.15 bits per heavy atom. The topological polar surface area (TPSA) is 97.8 Å². The lowest BCUT2D eigenvalue weighted by Gasteiger charge is -2.06. The zero-order valence-electron chi connectivity index (χ0n) is 11.3. The van der Waals surface area contributed by atoms with Gasteiger partial charge < -0.3 is 19.9 Å². The summed E-state index contributed by atoms with van der Waals surface area (Å²) in [6.07, 6.45) is 1.96. The van der Waals surface area contributed by atoms with Crippen LogP contribution in [0.25, 0.3) is 0 Å². The van der Waals surface area contributed by atoms with Crippen molar-refractivity contribution in [2.45, 2.75) is 6.42 Å². The molecule has 0 fully saturated rings. The molecule has 110 valence electrons. The molecule has 1 amide bonds. The SMILES string of the molecule is COCCOCCCNC(=O)c1cc(C(=O)O)ccn1. The maximum absolute atomic E-state index is 11.7. The van der Waals surface area contributed by atoms with Crippen LogP contribution in [0, 0.1) is 0 Å². The third-order valence-corrected chi connectivity index (χ3v) is 2.42. The molecule has 0 bridgehead atoms. The number of ether oxygens (including phenoxy) is 2. The van der Waals surface area contributed by atoms with Crippen LogP contribution >= 0.6 is 0 Å². The highest BCUT2D eigenvalue weighted by atomic mass is 16.5. The third-order valence-electron chi connectivity index (χ3n) is 2.42. The molecule has 0 aliphatic heterocycles. The van der Waals surface area contributed by atoms with Crippen LogP contribution in [0.2, 0.25) is 0 Å². The smallest absolute Gasteiger partial charge is 0.335 e. The van der Waals surface area contributed by atoms with Gasteiger partial charge in [-0.15, -0.1) is 0 Å². The van der Waals surface area contributed by atoms with Crippen molar-refractivity contribution in [1.82, 2.24) is 10.3 Å². The fourth-order valence-corrected chi connectivity index (χ4v) is 1.40. The van der Waals surface area contributed by atoms with Gasteiger partial charge in [-0.1, -0.05) is 0 Å². The van der Waals surface area contributed by atoms with Gasteiger partial charge in [0.15, 0.2) is 0 Å². The molecule has 1 aromatic heterocycles. The van der Waals surface area contributed by atoms with Crippen molar-refractivity contribution in [3.8, 4) is 0 Å². The molecular weight excluding hydrogens is 264 g/mol. The second kappa shape index (κ2) is 9.00. The quantitative estimate of drug-likeness (QED) is 0.642. The van der Waals surface area contributed by atoms with E-state index in [2.05, 4.69) is 10.3 Å². The maximum atomic E-state index is 11.7. The van der Waals surface area contributed by atoms with E-state index in [9.17, 15) is 9.59 Å². The number of nitrogens with one attached hydrogen (secondary N) is 1. The molecule has 1 aromatic rings. The Hall–Kier alpha value is -1.99. The third kappa shape index (κ3) is 5.77. The average molecular weight is 282 g/mol. The molecule has 7 nitrogen and oxygen atoms in total. The minimum absolute atomic E-state index is 0.0352. The van der Waals surface area contributed by atoms with Crippen LogP contribution in [0.3, 0.4) is 0 Å². The number of aromatic carboxylic acids is 1. The Balaban J connectivity index is 2.29. The Labute approximate surface area is 116 Å². The number of nitrogens with zero attached hydrogens (tertiary/aromatic N) is 1. The summed E-state index contributed by atoms with van der Waals surface area (Å²) in [5.41, 5.74) is 0.123. The minimum atomic E-state index is -1.09. The van der Waals surface area contributed by atoms with Crippen LogP contribution in [0.1, 0.15) is 27.3 Å². The van der Waals surface area contributed by atoms with E-state index >= 15 is 0 Å². The Bertz CT molecular complexity index is 450. The van der Waals surface area contributed by atoms with Crippen LogP contribution in [-0.2, 0) is 9.47 Å². The van der Waals surface area contributed by atoms with E-state index in [0.29, 0.717) is 32.8 Å². The highest BCUT2D eigenvalue weighted by Gasteiger charge is 2.10. The molecule has 0 atom stereocenters. The lowest BCUT2D eigenvalue weighted by molar-refractivity contribution is 0.0688. The number of hydrogen-bond acceptors (Lipinski definition) is 5. The monoisotopic (exact) mass is 282 g/mol. The molecule has 0 aliphatic carbocycles. The van der Waals surface area contributed by atoms with Gasteiger partial charge in [-0.2, -0.15) is 0 Å². The first kappa shape index (κ1) is 16.1. The zero-order chi connectivity index (χ0) is 14.8. The van der Waals surface area contributed by atoms with Gasteiger partial charge in [0.1, 0.15) is 5.69 Å². The second-order valence-corrected chi connectivity index (χ2v) is 3.95. The molecule has 7 heteroatoms. The molecule has 0 radical (unpaired) electrons. The summed E-state index contributed by atoms with van der Waals surface area (Å²) >= 11 is 0. The van der Waals surface area contributed by atoms with E-state index in [1.165, 1.54) is 18.3 Å². The standard InChI is InChI=1S/C13H18N2O5/c1-19-7-8-20-6-2-4-15-12(16)11-9-10(13(17)18)3-5-14-11/h3,5,9H,2,4,6-8H2,1H3,(H,15,16)(H,17,18). The number of rotatable bonds is 9. The molecule has 1 rings (SSSR count). The van der Waals surface area contributed by atoms with Crippen LogP contribution in [0.5, 0.6) is 0 Å². The summed E-state index contributed by atoms with van der Waals surface area (Å²) < 4.78 is 10.1. The zero-order valence-corrected chi connectivity index (χ0v) is 11.3. The van der Waals surface area contributed by atoms with Crippen LogP contribution in [-0.4, -0.2) is 55.4 Å². The fourth-order valence-electron chi connectivity index (χ4n) is 1.40. The van der Waals surface area contributed by atoms with Crippen molar-refractivity contribution in [1.29, 1.82) is 0 Å². The molecular formula is C13H18N2O5. The van der Waals surface area contributed by atoms with Crippen molar-refractivity contribution >= 4 is 11.9 Å². The van der Waals surface area contributed by atoms with E-state index in [4.69, 9.17) is 14.6 Å². The highest BCUT2D eigenvalue weighted by molar-refractivity contribution is 5.95. The molecule has 2 N–H and O–H groups in total. The number of carbonyl (C=O) groups excluding carboxylic acids is 1. The molecule has 20 heavy (non-hydrogen) atoms. The number of amides is 1. The number of methoxy groups -OCH3 is 1. The van der Waals surface area contributed by atoms with Gasteiger partial charge in [0.05, 0.1) is 18.8 Å². The maximum Gasteiger partial charge on any atom is 0.335 e. The first-order chi connectivity index (χ1) is 9.65. The first-order valence-corrected chi connectivity index (χ1v) is 6.19. The van der Waals surface area contributed by atoms with Crippen molar-refractivity contribution in [3.63, 3.8) is 0 Å². The van der Waals surface area contributed by atoms with Crippen LogP contribution in [0.4, 0.5) is 0 Å².